The predicted molar refractivity (Wildman–Crippen MR) is 81.4 cm³/mol. The van der Waals surface area contributed by atoms with Crippen LogP contribution in [-0.2, 0) is 4.79 Å². The van der Waals surface area contributed by atoms with Crippen molar-refractivity contribution < 1.29 is 4.79 Å². The predicted octanol–water partition coefficient (Wildman–Crippen LogP) is 3.11. The van der Waals surface area contributed by atoms with Gasteiger partial charge in [0.1, 0.15) is 0 Å². The van der Waals surface area contributed by atoms with E-state index in [2.05, 4.69) is 0 Å². The highest BCUT2D eigenvalue weighted by Gasteiger charge is 2.30. The van der Waals surface area contributed by atoms with Gasteiger partial charge < -0.3 is 10.6 Å². The third-order valence-corrected chi connectivity index (χ3v) is 4.68. The van der Waals surface area contributed by atoms with E-state index >= 15 is 0 Å². The van der Waals surface area contributed by atoms with Crippen molar-refractivity contribution in [3.63, 3.8) is 0 Å². The molecule has 2 atom stereocenters. The second-order valence-corrected chi connectivity index (χ2v) is 6.20. The lowest BCUT2D eigenvalue weighted by molar-refractivity contribution is -0.133. The van der Waals surface area contributed by atoms with Gasteiger partial charge in [-0.25, -0.2) is 0 Å². The Morgan fingerprint density at radius 3 is 2.47 bits per heavy atom. The Labute approximate surface area is 123 Å². The summed E-state index contributed by atoms with van der Waals surface area (Å²) in [4.78, 5) is 14.1. The van der Waals surface area contributed by atoms with E-state index in [4.69, 9.17) is 5.73 Å². The number of halogens is 1. The number of likely N-dealkylation sites (tertiary alicyclic amines) is 1. The van der Waals surface area contributed by atoms with E-state index in [0.29, 0.717) is 6.04 Å². The van der Waals surface area contributed by atoms with Gasteiger partial charge in [-0.2, -0.15) is 0 Å². The Bertz CT molecular complexity index is 277. The summed E-state index contributed by atoms with van der Waals surface area (Å²) < 4.78 is 0. The van der Waals surface area contributed by atoms with E-state index in [1.165, 1.54) is 51.4 Å². The number of amides is 1. The van der Waals surface area contributed by atoms with Crippen LogP contribution in [0.2, 0.25) is 0 Å². The van der Waals surface area contributed by atoms with E-state index in [-0.39, 0.29) is 24.4 Å². The van der Waals surface area contributed by atoms with Gasteiger partial charge in [0.05, 0.1) is 6.04 Å². The molecule has 1 amide bonds. The Kier molecular flexibility index (Phi) is 7.16. The Balaban J connectivity index is 0.00000180. The standard InChI is InChI=1S/C15H28N2O.ClH/c1-12(16)15(18)17-11-5-8-14(17)10-9-13-6-3-2-4-7-13;/h12-14H,2-11,16H2,1H3;1H/t12-,14?;/m1./s1. The zero-order chi connectivity index (χ0) is 13.0. The number of carbonyl (C=O) groups is 1. The molecule has 3 nitrogen and oxygen atoms in total. The molecule has 0 radical (unpaired) electrons. The SMILES string of the molecule is C[C@@H](N)C(=O)N1CCCC1CCC1CCCCC1.Cl. The minimum atomic E-state index is -0.333. The van der Waals surface area contributed by atoms with Gasteiger partial charge in [0.2, 0.25) is 5.91 Å². The van der Waals surface area contributed by atoms with Crippen LogP contribution >= 0.6 is 12.4 Å². The monoisotopic (exact) mass is 288 g/mol. The fourth-order valence-corrected chi connectivity index (χ4v) is 3.59. The summed E-state index contributed by atoms with van der Waals surface area (Å²) in [5.74, 6) is 1.08. The third kappa shape index (κ3) is 4.64. The molecule has 1 aliphatic heterocycles. The number of rotatable bonds is 4. The maximum absolute atomic E-state index is 12.0. The number of hydrogen-bond acceptors (Lipinski definition) is 2. The molecule has 1 unspecified atom stereocenters. The van der Waals surface area contributed by atoms with E-state index < -0.39 is 0 Å². The molecule has 2 fully saturated rings. The van der Waals surface area contributed by atoms with Crippen LogP contribution in [0.4, 0.5) is 0 Å². The van der Waals surface area contributed by atoms with Gasteiger partial charge in [0.25, 0.3) is 0 Å². The second-order valence-electron chi connectivity index (χ2n) is 6.20. The molecular weight excluding hydrogens is 260 g/mol. The zero-order valence-electron chi connectivity index (χ0n) is 12.1. The molecule has 1 saturated heterocycles. The molecule has 19 heavy (non-hydrogen) atoms. The van der Waals surface area contributed by atoms with Crippen LogP contribution in [0.25, 0.3) is 0 Å². The van der Waals surface area contributed by atoms with Gasteiger partial charge in [-0.1, -0.05) is 32.1 Å². The lowest BCUT2D eigenvalue weighted by Gasteiger charge is -2.28. The third-order valence-electron chi connectivity index (χ3n) is 4.68. The quantitative estimate of drug-likeness (QED) is 0.864. The van der Waals surface area contributed by atoms with E-state index in [0.717, 1.165) is 18.9 Å². The summed E-state index contributed by atoms with van der Waals surface area (Å²) in [6, 6.07) is 0.144. The molecule has 0 aromatic heterocycles. The Morgan fingerprint density at radius 1 is 1.16 bits per heavy atom. The van der Waals surface area contributed by atoms with Gasteiger partial charge in [-0.3, -0.25) is 4.79 Å². The van der Waals surface area contributed by atoms with Gasteiger partial charge in [-0.05, 0) is 38.5 Å². The van der Waals surface area contributed by atoms with Crippen molar-refractivity contribution >= 4 is 18.3 Å². The molecule has 1 saturated carbocycles. The van der Waals surface area contributed by atoms with Crippen molar-refractivity contribution in [1.29, 1.82) is 0 Å². The molecule has 4 heteroatoms. The van der Waals surface area contributed by atoms with Crippen LogP contribution in [0.3, 0.4) is 0 Å². The average Bonchev–Trinajstić information content (AvgIpc) is 2.84. The van der Waals surface area contributed by atoms with Crippen LogP contribution in [0.5, 0.6) is 0 Å². The Morgan fingerprint density at radius 2 is 1.84 bits per heavy atom. The van der Waals surface area contributed by atoms with Crippen LogP contribution < -0.4 is 5.73 Å². The van der Waals surface area contributed by atoms with Crippen LogP contribution in [0.1, 0.15) is 64.7 Å². The summed E-state index contributed by atoms with van der Waals surface area (Å²) in [5.41, 5.74) is 5.73. The first-order valence-corrected chi connectivity index (χ1v) is 7.74. The number of carbonyl (C=O) groups excluding carboxylic acids is 1. The first-order valence-electron chi connectivity index (χ1n) is 7.74. The molecule has 0 bridgehead atoms. The van der Waals surface area contributed by atoms with E-state index in [9.17, 15) is 4.79 Å². The zero-order valence-corrected chi connectivity index (χ0v) is 13.0. The van der Waals surface area contributed by atoms with Crippen molar-refractivity contribution in [3.8, 4) is 0 Å². The fraction of sp³-hybridized carbons (Fsp3) is 0.933. The van der Waals surface area contributed by atoms with Gasteiger partial charge in [-0.15, -0.1) is 12.4 Å². The summed E-state index contributed by atoms with van der Waals surface area (Å²) in [5, 5.41) is 0. The highest BCUT2D eigenvalue weighted by Crippen LogP contribution is 2.30. The summed E-state index contributed by atoms with van der Waals surface area (Å²) in [7, 11) is 0. The molecule has 2 aliphatic rings. The van der Waals surface area contributed by atoms with E-state index in [1.54, 1.807) is 6.92 Å². The van der Waals surface area contributed by atoms with Gasteiger partial charge in [0.15, 0.2) is 0 Å². The molecule has 0 spiro atoms. The number of hydrogen-bond donors (Lipinski definition) is 1. The van der Waals surface area contributed by atoms with Crippen molar-refractivity contribution in [2.24, 2.45) is 11.7 Å². The molecule has 2 N–H and O–H groups in total. The first kappa shape index (κ1) is 16.8. The van der Waals surface area contributed by atoms with Crippen LogP contribution in [0, 0.1) is 5.92 Å². The fourth-order valence-electron chi connectivity index (χ4n) is 3.59. The van der Waals surface area contributed by atoms with Gasteiger partial charge in [0, 0.05) is 12.6 Å². The van der Waals surface area contributed by atoms with Crippen molar-refractivity contribution in [2.75, 3.05) is 6.54 Å². The van der Waals surface area contributed by atoms with Crippen molar-refractivity contribution in [2.45, 2.75) is 76.8 Å². The van der Waals surface area contributed by atoms with E-state index in [1.807, 2.05) is 4.90 Å². The molecule has 2 rings (SSSR count). The topological polar surface area (TPSA) is 46.3 Å². The number of nitrogens with two attached hydrogens (primary N) is 1. The summed E-state index contributed by atoms with van der Waals surface area (Å²) in [6.07, 6.45) is 11.9. The molecule has 1 aliphatic carbocycles. The average molecular weight is 289 g/mol. The van der Waals surface area contributed by atoms with Crippen molar-refractivity contribution in [1.82, 2.24) is 4.90 Å². The Hall–Kier alpha value is -0.280. The summed E-state index contributed by atoms with van der Waals surface area (Å²) >= 11 is 0. The lowest BCUT2D eigenvalue weighted by Crippen LogP contribution is -2.44. The van der Waals surface area contributed by atoms with Crippen LogP contribution in [-0.4, -0.2) is 29.4 Å². The maximum Gasteiger partial charge on any atom is 0.239 e. The molecule has 0 aromatic rings. The largest absolute Gasteiger partial charge is 0.338 e. The minimum Gasteiger partial charge on any atom is -0.338 e. The van der Waals surface area contributed by atoms with Crippen LogP contribution in [0.15, 0.2) is 0 Å². The summed E-state index contributed by atoms with van der Waals surface area (Å²) in [6.45, 7) is 2.73. The highest BCUT2D eigenvalue weighted by molar-refractivity contribution is 5.85. The maximum atomic E-state index is 12.0. The van der Waals surface area contributed by atoms with Crippen molar-refractivity contribution in [3.05, 3.63) is 0 Å². The lowest BCUT2D eigenvalue weighted by atomic mass is 9.85. The molecule has 0 aromatic carbocycles. The molecular formula is C15H29ClN2O. The highest BCUT2D eigenvalue weighted by atomic mass is 35.5. The normalized spacial score (nSPS) is 26.0. The molecule has 1 heterocycles. The first-order chi connectivity index (χ1) is 8.68. The second kappa shape index (κ2) is 8.11. The number of nitrogens with zero attached hydrogens (tertiary/aromatic N) is 1. The smallest absolute Gasteiger partial charge is 0.239 e. The van der Waals surface area contributed by atoms with Gasteiger partial charge >= 0.3 is 0 Å². The molecule has 112 valence electrons. The minimum absolute atomic E-state index is 0.